The normalized spacial score (nSPS) is 14.0. The number of amides is 2. The van der Waals surface area contributed by atoms with E-state index in [1.165, 1.54) is 18.3 Å². The van der Waals surface area contributed by atoms with Crippen LogP contribution in [0.15, 0.2) is 54.7 Å². The zero-order valence-electron chi connectivity index (χ0n) is 23.2. The van der Waals surface area contributed by atoms with Crippen LogP contribution in [-0.4, -0.2) is 26.6 Å². The van der Waals surface area contributed by atoms with Gasteiger partial charge < -0.3 is 11.1 Å². The molecule has 0 saturated heterocycles. The number of hydrogen-bond acceptors (Lipinski definition) is 4. The van der Waals surface area contributed by atoms with Gasteiger partial charge in [-0.2, -0.15) is 18.3 Å². The lowest BCUT2D eigenvalue weighted by atomic mass is 9.94. The number of benzene rings is 2. The number of fused-ring (bicyclic) bond motifs is 1. The summed E-state index contributed by atoms with van der Waals surface area (Å²) in [6.45, 7) is -0.545. The summed E-state index contributed by atoms with van der Waals surface area (Å²) in [7, 11) is 0. The van der Waals surface area contributed by atoms with Crippen LogP contribution in [0.2, 0.25) is 0 Å². The molecule has 4 aromatic rings. The molecule has 2 amide bonds. The SMILES string of the molecule is NC(=O)c1cc(-c2cccnc2[C@H](Cc2cc(F)cc(F)c2)NC(=O)Cn2nc(C(F)(F)F)c3c2CCCCC3)ccc1F. The van der Waals surface area contributed by atoms with Gasteiger partial charge in [-0.1, -0.05) is 18.6 Å². The Kier molecular flexibility index (Phi) is 8.75. The second kappa shape index (κ2) is 12.5. The number of aromatic nitrogens is 3. The van der Waals surface area contributed by atoms with E-state index in [0.717, 1.165) is 29.3 Å². The van der Waals surface area contributed by atoms with E-state index in [9.17, 15) is 35.9 Å². The van der Waals surface area contributed by atoms with Crippen molar-refractivity contribution >= 4 is 11.8 Å². The molecule has 1 aliphatic rings. The van der Waals surface area contributed by atoms with E-state index in [2.05, 4.69) is 15.4 Å². The summed E-state index contributed by atoms with van der Waals surface area (Å²) in [5, 5.41) is 6.51. The van der Waals surface area contributed by atoms with Crippen LogP contribution in [0.4, 0.5) is 26.3 Å². The van der Waals surface area contributed by atoms with E-state index >= 15 is 0 Å². The molecule has 0 bridgehead atoms. The summed E-state index contributed by atoms with van der Waals surface area (Å²) in [6.07, 6.45) is -0.964. The zero-order chi connectivity index (χ0) is 31.6. The molecule has 0 saturated carbocycles. The Balaban J connectivity index is 1.53. The molecule has 1 aliphatic carbocycles. The van der Waals surface area contributed by atoms with Crippen LogP contribution in [0.5, 0.6) is 0 Å². The largest absolute Gasteiger partial charge is 0.435 e. The number of pyridine rings is 1. The van der Waals surface area contributed by atoms with E-state index < -0.39 is 53.7 Å². The standard InChI is InChI=1S/C31H27F6N5O2/c32-19-11-17(12-20(33)15-19)13-25(28-21(6-4-10-39-28)18-8-9-24(34)23(14-18)30(38)44)40-27(43)16-42-26-7-3-1-2-5-22(26)29(41-42)31(35,36)37/h4,6,8-12,14-15,25H,1-3,5,7,13,16H2,(H2,38,44)(H,40,43)/t25-/m0/s1. The van der Waals surface area contributed by atoms with Crippen molar-refractivity contribution < 1.29 is 35.9 Å². The van der Waals surface area contributed by atoms with Crippen molar-refractivity contribution in [1.82, 2.24) is 20.1 Å². The number of primary amides is 1. The average Bonchev–Trinajstić information content (AvgIpc) is 3.12. The van der Waals surface area contributed by atoms with Crippen molar-refractivity contribution in [2.75, 3.05) is 0 Å². The number of nitrogens with one attached hydrogen (secondary N) is 1. The molecule has 230 valence electrons. The number of halogens is 6. The summed E-state index contributed by atoms with van der Waals surface area (Å²) in [5.41, 5.74) is 5.38. The summed E-state index contributed by atoms with van der Waals surface area (Å²) in [5.74, 6) is -4.27. The van der Waals surface area contributed by atoms with Crippen LogP contribution < -0.4 is 11.1 Å². The molecule has 3 N–H and O–H groups in total. The van der Waals surface area contributed by atoms with Crippen molar-refractivity contribution in [2.24, 2.45) is 5.73 Å². The van der Waals surface area contributed by atoms with Gasteiger partial charge in [-0.25, -0.2) is 13.2 Å². The third kappa shape index (κ3) is 6.76. The molecule has 0 aliphatic heterocycles. The summed E-state index contributed by atoms with van der Waals surface area (Å²) < 4.78 is 84.9. The fourth-order valence-corrected chi connectivity index (χ4v) is 5.58. The van der Waals surface area contributed by atoms with E-state index in [0.29, 0.717) is 42.1 Å². The molecule has 2 aromatic carbocycles. The quantitative estimate of drug-likeness (QED) is 0.192. The molecule has 0 unspecified atom stereocenters. The third-order valence-corrected chi connectivity index (χ3v) is 7.48. The highest BCUT2D eigenvalue weighted by molar-refractivity contribution is 5.94. The van der Waals surface area contributed by atoms with Crippen LogP contribution in [0.1, 0.15) is 63.9 Å². The minimum absolute atomic E-state index is 0.0863. The molecular formula is C31H27F6N5O2. The maximum absolute atomic E-state index is 14.2. The van der Waals surface area contributed by atoms with E-state index in [-0.39, 0.29) is 35.2 Å². The van der Waals surface area contributed by atoms with Gasteiger partial charge >= 0.3 is 6.18 Å². The maximum atomic E-state index is 14.2. The highest BCUT2D eigenvalue weighted by atomic mass is 19.4. The van der Waals surface area contributed by atoms with Crippen molar-refractivity contribution in [3.05, 3.63) is 106 Å². The van der Waals surface area contributed by atoms with E-state index in [4.69, 9.17) is 5.73 Å². The van der Waals surface area contributed by atoms with Crippen LogP contribution >= 0.6 is 0 Å². The number of carbonyl (C=O) groups excluding carboxylic acids is 2. The van der Waals surface area contributed by atoms with Crippen LogP contribution in [0.3, 0.4) is 0 Å². The lowest BCUT2D eigenvalue weighted by molar-refractivity contribution is -0.142. The number of hydrogen-bond donors (Lipinski definition) is 2. The first-order chi connectivity index (χ1) is 20.9. The van der Waals surface area contributed by atoms with E-state index in [1.54, 1.807) is 12.1 Å². The Morgan fingerprint density at radius 2 is 1.70 bits per heavy atom. The van der Waals surface area contributed by atoms with Gasteiger partial charge in [0.15, 0.2) is 5.69 Å². The minimum Gasteiger partial charge on any atom is -0.366 e. The molecule has 5 rings (SSSR count). The molecule has 2 heterocycles. The number of carbonyl (C=O) groups is 2. The minimum atomic E-state index is -4.69. The number of nitrogens with zero attached hydrogens (tertiary/aromatic N) is 3. The zero-order valence-corrected chi connectivity index (χ0v) is 23.2. The van der Waals surface area contributed by atoms with Crippen LogP contribution in [0, 0.1) is 17.5 Å². The summed E-state index contributed by atoms with van der Waals surface area (Å²) >= 11 is 0. The number of nitrogens with two attached hydrogens (primary N) is 1. The molecule has 13 heteroatoms. The number of alkyl halides is 3. The van der Waals surface area contributed by atoms with Gasteiger partial charge in [0, 0.05) is 29.1 Å². The molecule has 0 fully saturated rings. The predicted molar refractivity (Wildman–Crippen MR) is 148 cm³/mol. The lowest BCUT2D eigenvalue weighted by Gasteiger charge is -2.22. The van der Waals surface area contributed by atoms with Gasteiger partial charge in [0.05, 0.1) is 17.3 Å². The molecule has 7 nitrogen and oxygen atoms in total. The highest BCUT2D eigenvalue weighted by Crippen LogP contribution is 2.36. The smallest absolute Gasteiger partial charge is 0.366 e. The fourth-order valence-electron chi connectivity index (χ4n) is 5.58. The maximum Gasteiger partial charge on any atom is 0.435 e. The monoisotopic (exact) mass is 615 g/mol. The topological polar surface area (TPSA) is 103 Å². The Morgan fingerprint density at radius 3 is 2.41 bits per heavy atom. The van der Waals surface area contributed by atoms with E-state index in [1.807, 2.05) is 0 Å². The lowest BCUT2D eigenvalue weighted by Crippen LogP contribution is -2.34. The van der Waals surface area contributed by atoms with Gasteiger partial charge in [0.2, 0.25) is 5.91 Å². The molecule has 44 heavy (non-hydrogen) atoms. The Labute approximate surface area is 248 Å². The van der Waals surface area contributed by atoms with Gasteiger partial charge in [0.25, 0.3) is 5.91 Å². The number of rotatable bonds is 8. The molecule has 0 spiro atoms. The van der Waals surface area contributed by atoms with Gasteiger partial charge in [-0.05, 0) is 73.6 Å². The van der Waals surface area contributed by atoms with Gasteiger partial charge in [-0.15, -0.1) is 0 Å². The third-order valence-electron chi connectivity index (χ3n) is 7.48. The Bertz CT molecular complexity index is 1700. The molecule has 0 radical (unpaired) electrons. The highest BCUT2D eigenvalue weighted by Gasteiger charge is 2.39. The van der Waals surface area contributed by atoms with Gasteiger partial charge in [0.1, 0.15) is 24.0 Å². The predicted octanol–water partition coefficient (Wildman–Crippen LogP) is 5.85. The first-order valence-corrected chi connectivity index (χ1v) is 13.9. The molecule has 1 atom stereocenters. The van der Waals surface area contributed by atoms with Crippen LogP contribution in [0.25, 0.3) is 11.1 Å². The molecule has 2 aromatic heterocycles. The second-order valence-corrected chi connectivity index (χ2v) is 10.6. The van der Waals surface area contributed by atoms with Crippen molar-refractivity contribution in [2.45, 2.75) is 57.3 Å². The average molecular weight is 616 g/mol. The summed E-state index contributed by atoms with van der Waals surface area (Å²) in [6, 6.07) is 8.58. The van der Waals surface area contributed by atoms with Crippen molar-refractivity contribution in [3.8, 4) is 11.1 Å². The first-order valence-electron chi connectivity index (χ1n) is 13.9. The first kappa shape index (κ1) is 30.8. The van der Waals surface area contributed by atoms with Crippen molar-refractivity contribution in [3.63, 3.8) is 0 Å². The van der Waals surface area contributed by atoms with Crippen molar-refractivity contribution in [1.29, 1.82) is 0 Å². The Hall–Kier alpha value is -4.68. The van der Waals surface area contributed by atoms with Crippen LogP contribution in [-0.2, 0) is 36.8 Å². The second-order valence-electron chi connectivity index (χ2n) is 10.6. The Morgan fingerprint density at radius 1 is 0.977 bits per heavy atom. The fraction of sp³-hybridized carbons (Fsp3) is 0.290. The summed E-state index contributed by atoms with van der Waals surface area (Å²) in [4.78, 5) is 29.6. The van der Waals surface area contributed by atoms with Gasteiger partial charge in [-0.3, -0.25) is 19.3 Å². The molecular weight excluding hydrogens is 588 g/mol.